The molecule has 0 saturated carbocycles. The van der Waals surface area contributed by atoms with Crippen molar-refractivity contribution in [3.8, 4) is 0 Å². The second-order valence-electron chi connectivity index (χ2n) is 6.58. The summed E-state index contributed by atoms with van der Waals surface area (Å²) in [6.45, 7) is 17.4. The zero-order chi connectivity index (χ0) is 13.1. The maximum Gasteiger partial charge on any atom is 0.0243 e. The molecule has 2 atom stereocenters. The lowest BCUT2D eigenvalue weighted by Gasteiger charge is -2.42. The highest BCUT2D eigenvalue weighted by atomic mass is 15.3. The molecule has 0 spiro atoms. The van der Waals surface area contributed by atoms with Gasteiger partial charge in [0, 0.05) is 38.3 Å². The number of piperazine rings is 1. The predicted molar refractivity (Wildman–Crippen MR) is 75.5 cm³/mol. The molecule has 1 rings (SSSR count). The van der Waals surface area contributed by atoms with Gasteiger partial charge >= 0.3 is 0 Å². The van der Waals surface area contributed by atoms with Gasteiger partial charge in [0.1, 0.15) is 0 Å². The summed E-state index contributed by atoms with van der Waals surface area (Å²) in [6, 6.07) is 1.26. The maximum atomic E-state index is 3.65. The SMILES string of the molecule is CCNC(CN1CCN(C)CC1C)C(C)(C)C. The molecule has 0 aromatic heterocycles. The van der Waals surface area contributed by atoms with Gasteiger partial charge in [-0.05, 0) is 25.9 Å². The molecule has 1 N–H and O–H groups in total. The monoisotopic (exact) mass is 241 g/mol. The molecular weight excluding hydrogens is 210 g/mol. The lowest BCUT2D eigenvalue weighted by molar-refractivity contribution is 0.0732. The summed E-state index contributed by atoms with van der Waals surface area (Å²) < 4.78 is 0. The Hall–Kier alpha value is -0.120. The van der Waals surface area contributed by atoms with Gasteiger partial charge in [-0.2, -0.15) is 0 Å². The molecule has 0 aromatic carbocycles. The molecule has 0 amide bonds. The fourth-order valence-electron chi connectivity index (χ4n) is 2.57. The lowest BCUT2D eigenvalue weighted by atomic mass is 9.86. The first-order valence-corrected chi connectivity index (χ1v) is 7.00. The molecule has 0 aromatic rings. The van der Waals surface area contributed by atoms with Gasteiger partial charge in [0.05, 0.1) is 0 Å². The fourth-order valence-corrected chi connectivity index (χ4v) is 2.57. The smallest absolute Gasteiger partial charge is 0.0243 e. The van der Waals surface area contributed by atoms with Crippen LogP contribution in [0, 0.1) is 5.41 Å². The normalized spacial score (nSPS) is 26.1. The minimum Gasteiger partial charge on any atom is -0.312 e. The Balaban J connectivity index is 2.55. The van der Waals surface area contributed by atoms with Crippen LogP contribution in [-0.4, -0.2) is 61.7 Å². The van der Waals surface area contributed by atoms with E-state index in [9.17, 15) is 0 Å². The average Bonchev–Trinajstić information content (AvgIpc) is 2.19. The van der Waals surface area contributed by atoms with Crippen LogP contribution in [-0.2, 0) is 0 Å². The van der Waals surface area contributed by atoms with E-state index >= 15 is 0 Å². The Morgan fingerprint density at radius 2 is 1.94 bits per heavy atom. The van der Waals surface area contributed by atoms with Gasteiger partial charge in [-0.15, -0.1) is 0 Å². The Morgan fingerprint density at radius 1 is 1.29 bits per heavy atom. The topological polar surface area (TPSA) is 18.5 Å². The molecule has 2 unspecified atom stereocenters. The third-order valence-corrected chi connectivity index (χ3v) is 3.88. The van der Waals surface area contributed by atoms with Crippen LogP contribution in [0.1, 0.15) is 34.6 Å². The van der Waals surface area contributed by atoms with Gasteiger partial charge in [0.15, 0.2) is 0 Å². The molecule has 3 heteroatoms. The van der Waals surface area contributed by atoms with E-state index in [0.717, 1.165) is 6.54 Å². The third kappa shape index (κ3) is 4.57. The summed E-state index contributed by atoms with van der Waals surface area (Å²) in [4.78, 5) is 5.07. The number of rotatable bonds is 4. The molecule has 1 fully saturated rings. The Bertz CT molecular complexity index is 222. The molecular formula is C14H31N3. The molecule has 102 valence electrons. The number of hydrogen-bond donors (Lipinski definition) is 1. The number of likely N-dealkylation sites (N-methyl/N-ethyl adjacent to an activating group) is 2. The van der Waals surface area contributed by atoms with Crippen LogP contribution in [0.15, 0.2) is 0 Å². The highest BCUT2D eigenvalue weighted by Gasteiger charge is 2.29. The zero-order valence-corrected chi connectivity index (χ0v) is 12.6. The van der Waals surface area contributed by atoms with E-state index in [1.54, 1.807) is 0 Å². The Kier molecular flexibility index (Phi) is 5.42. The Morgan fingerprint density at radius 3 is 2.41 bits per heavy atom. The molecule has 1 aliphatic rings. The molecule has 1 saturated heterocycles. The van der Waals surface area contributed by atoms with E-state index in [1.807, 2.05) is 0 Å². The lowest BCUT2D eigenvalue weighted by Crippen LogP contribution is -2.56. The van der Waals surface area contributed by atoms with Crippen molar-refractivity contribution in [2.24, 2.45) is 5.41 Å². The van der Waals surface area contributed by atoms with Crippen LogP contribution in [0.2, 0.25) is 0 Å². The van der Waals surface area contributed by atoms with Gasteiger partial charge in [0.25, 0.3) is 0 Å². The minimum atomic E-state index is 0.332. The van der Waals surface area contributed by atoms with Gasteiger partial charge in [-0.3, -0.25) is 4.90 Å². The number of hydrogen-bond acceptors (Lipinski definition) is 3. The second-order valence-corrected chi connectivity index (χ2v) is 6.58. The van der Waals surface area contributed by atoms with E-state index in [2.05, 4.69) is 56.8 Å². The quantitative estimate of drug-likeness (QED) is 0.807. The summed E-state index contributed by atoms with van der Waals surface area (Å²) in [6.07, 6.45) is 0. The van der Waals surface area contributed by atoms with Gasteiger partial charge in [-0.1, -0.05) is 27.7 Å². The molecule has 17 heavy (non-hydrogen) atoms. The van der Waals surface area contributed by atoms with Crippen LogP contribution in [0.3, 0.4) is 0 Å². The van der Waals surface area contributed by atoms with Crippen LogP contribution in [0.4, 0.5) is 0 Å². The van der Waals surface area contributed by atoms with Crippen molar-refractivity contribution < 1.29 is 0 Å². The second kappa shape index (κ2) is 6.17. The van der Waals surface area contributed by atoms with E-state index in [4.69, 9.17) is 0 Å². The van der Waals surface area contributed by atoms with Crippen molar-refractivity contribution >= 4 is 0 Å². The van der Waals surface area contributed by atoms with Gasteiger partial charge in [0.2, 0.25) is 0 Å². The highest BCUT2D eigenvalue weighted by molar-refractivity contribution is 4.87. The minimum absolute atomic E-state index is 0.332. The number of nitrogens with one attached hydrogen (secondary N) is 1. The van der Waals surface area contributed by atoms with Crippen LogP contribution >= 0.6 is 0 Å². The molecule has 1 heterocycles. The largest absolute Gasteiger partial charge is 0.312 e. The molecule has 0 radical (unpaired) electrons. The van der Waals surface area contributed by atoms with E-state index < -0.39 is 0 Å². The van der Waals surface area contributed by atoms with Gasteiger partial charge in [-0.25, -0.2) is 0 Å². The summed E-state index contributed by atoms with van der Waals surface area (Å²) in [5.74, 6) is 0. The van der Waals surface area contributed by atoms with Crippen molar-refractivity contribution in [3.05, 3.63) is 0 Å². The van der Waals surface area contributed by atoms with Crippen molar-refractivity contribution in [3.63, 3.8) is 0 Å². The molecule has 1 aliphatic heterocycles. The summed E-state index contributed by atoms with van der Waals surface area (Å²) in [7, 11) is 2.22. The summed E-state index contributed by atoms with van der Waals surface area (Å²) in [5, 5.41) is 3.65. The van der Waals surface area contributed by atoms with E-state index in [0.29, 0.717) is 17.5 Å². The third-order valence-electron chi connectivity index (χ3n) is 3.88. The first kappa shape index (κ1) is 14.9. The van der Waals surface area contributed by atoms with Crippen molar-refractivity contribution in [1.82, 2.24) is 15.1 Å². The van der Waals surface area contributed by atoms with Gasteiger partial charge < -0.3 is 10.2 Å². The summed E-state index contributed by atoms with van der Waals surface area (Å²) >= 11 is 0. The van der Waals surface area contributed by atoms with E-state index in [1.165, 1.54) is 26.2 Å². The fraction of sp³-hybridized carbons (Fsp3) is 1.00. The Labute approximate surface area is 108 Å². The summed E-state index contributed by atoms with van der Waals surface area (Å²) in [5.41, 5.74) is 0.332. The predicted octanol–water partition coefficient (Wildman–Crippen LogP) is 1.65. The highest BCUT2D eigenvalue weighted by Crippen LogP contribution is 2.21. The van der Waals surface area contributed by atoms with Crippen LogP contribution in [0.5, 0.6) is 0 Å². The van der Waals surface area contributed by atoms with Crippen molar-refractivity contribution in [2.75, 3.05) is 39.8 Å². The number of nitrogens with zero attached hydrogens (tertiary/aromatic N) is 2. The average molecular weight is 241 g/mol. The van der Waals surface area contributed by atoms with Crippen LogP contribution < -0.4 is 5.32 Å². The maximum absolute atomic E-state index is 3.65. The zero-order valence-electron chi connectivity index (χ0n) is 12.6. The van der Waals surface area contributed by atoms with E-state index in [-0.39, 0.29) is 0 Å². The first-order valence-electron chi connectivity index (χ1n) is 7.00. The molecule has 0 aliphatic carbocycles. The van der Waals surface area contributed by atoms with Crippen molar-refractivity contribution in [1.29, 1.82) is 0 Å². The molecule has 3 nitrogen and oxygen atoms in total. The van der Waals surface area contributed by atoms with Crippen LogP contribution in [0.25, 0.3) is 0 Å². The first-order chi connectivity index (χ1) is 7.84. The standard InChI is InChI=1S/C14H31N3/c1-7-15-13(14(3,4)5)11-17-9-8-16(6)10-12(17)2/h12-13,15H,7-11H2,1-6H3. The van der Waals surface area contributed by atoms with Crippen molar-refractivity contribution in [2.45, 2.75) is 46.7 Å². The molecule has 0 bridgehead atoms.